The highest BCUT2D eigenvalue weighted by atomic mass is 35.5. The Morgan fingerprint density at radius 3 is 2.45 bits per heavy atom. The molecule has 1 aromatic rings. The van der Waals surface area contributed by atoms with Gasteiger partial charge in [0.05, 0.1) is 5.75 Å². The molecule has 22 heavy (non-hydrogen) atoms. The van der Waals surface area contributed by atoms with Crippen molar-refractivity contribution in [2.45, 2.75) is 25.0 Å². The molecule has 6 heteroatoms. The molecule has 1 heterocycles. The van der Waals surface area contributed by atoms with Gasteiger partial charge in [-0.25, -0.2) is 0 Å². The smallest absolute Gasteiger partial charge is 0.232 e. The number of likely N-dealkylation sites (tertiary alicyclic amines) is 1. The minimum atomic E-state index is -0.252. The Bertz CT molecular complexity index is 527. The highest BCUT2D eigenvalue weighted by Gasteiger charge is 2.25. The van der Waals surface area contributed by atoms with Gasteiger partial charge in [-0.2, -0.15) is 0 Å². The van der Waals surface area contributed by atoms with Gasteiger partial charge in [0.1, 0.15) is 0 Å². The molecule has 4 nitrogen and oxygen atoms in total. The summed E-state index contributed by atoms with van der Waals surface area (Å²) < 4.78 is 0. The third-order valence-corrected chi connectivity index (χ3v) is 5.48. The second-order valence-electron chi connectivity index (χ2n) is 5.56. The molecule has 1 fully saturated rings. The van der Waals surface area contributed by atoms with E-state index in [1.165, 1.54) is 0 Å². The van der Waals surface area contributed by atoms with Crippen LogP contribution in [0.5, 0.6) is 0 Å². The normalized spacial score (nSPS) is 17.3. The Morgan fingerprint density at radius 2 is 1.91 bits per heavy atom. The lowest BCUT2D eigenvalue weighted by Crippen LogP contribution is -2.42. The fraction of sp³-hybridized carbons (Fsp3) is 0.500. The Labute approximate surface area is 140 Å². The van der Waals surface area contributed by atoms with Gasteiger partial charge in [-0.1, -0.05) is 23.7 Å². The van der Waals surface area contributed by atoms with E-state index < -0.39 is 0 Å². The molecule has 0 saturated carbocycles. The van der Waals surface area contributed by atoms with Crippen molar-refractivity contribution in [3.8, 4) is 0 Å². The summed E-state index contributed by atoms with van der Waals surface area (Å²) in [4.78, 5) is 25.2. The fourth-order valence-corrected chi connectivity index (χ4v) is 3.58. The first-order valence-electron chi connectivity index (χ1n) is 7.41. The second-order valence-corrected chi connectivity index (χ2v) is 7.33. The van der Waals surface area contributed by atoms with Crippen LogP contribution in [0.2, 0.25) is 5.02 Å². The van der Waals surface area contributed by atoms with Crippen molar-refractivity contribution in [2.24, 2.45) is 11.7 Å². The quantitative estimate of drug-likeness (QED) is 0.896. The average Bonchev–Trinajstić information content (AvgIpc) is 2.53. The van der Waals surface area contributed by atoms with Crippen LogP contribution in [0.3, 0.4) is 0 Å². The molecule has 120 valence electrons. The third-order valence-electron chi connectivity index (χ3n) is 4.05. The molecular formula is C16H21ClN2O2S. The maximum atomic E-state index is 12.2. The van der Waals surface area contributed by atoms with Crippen LogP contribution in [-0.2, 0) is 9.59 Å². The Hall–Kier alpha value is -1.20. The topological polar surface area (TPSA) is 63.4 Å². The molecular weight excluding hydrogens is 320 g/mol. The summed E-state index contributed by atoms with van der Waals surface area (Å²) in [6.07, 6.45) is 1.36. The van der Waals surface area contributed by atoms with Crippen LogP contribution in [0.4, 0.5) is 0 Å². The van der Waals surface area contributed by atoms with Crippen LogP contribution in [0.15, 0.2) is 24.3 Å². The van der Waals surface area contributed by atoms with Gasteiger partial charge in [-0.3, -0.25) is 9.59 Å². The van der Waals surface area contributed by atoms with Gasteiger partial charge in [0.2, 0.25) is 11.8 Å². The first-order chi connectivity index (χ1) is 10.5. The van der Waals surface area contributed by atoms with Crippen LogP contribution < -0.4 is 5.73 Å². The number of primary amides is 1. The van der Waals surface area contributed by atoms with E-state index in [1.54, 1.807) is 11.8 Å². The van der Waals surface area contributed by atoms with Crippen molar-refractivity contribution < 1.29 is 9.59 Å². The van der Waals surface area contributed by atoms with Crippen molar-refractivity contribution >= 4 is 35.2 Å². The predicted octanol–water partition coefficient (Wildman–Crippen LogP) is 2.86. The van der Waals surface area contributed by atoms with Crippen LogP contribution >= 0.6 is 23.4 Å². The van der Waals surface area contributed by atoms with Crippen molar-refractivity contribution in [3.05, 3.63) is 34.9 Å². The molecule has 0 aliphatic carbocycles. The van der Waals surface area contributed by atoms with Gasteiger partial charge in [-0.15, -0.1) is 11.8 Å². The highest BCUT2D eigenvalue weighted by molar-refractivity contribution is 8.00. The van der Waals surface area contributed by atoms with Crippen LogP contribution in [0.1, 0.15) is 30.6 Å². The minimum Gasteiger partial charge on any atom is -0.369 e. The van der Waals surface area contributed by atoms with Gasteiger partial charge in [-0.05, 0) is 37.5 Å². The zero-order valence-corrected chi connectivity index (χ0v) is 14.2. The first-order valence-corrected chi connectivity index (χ1v) is 8.84. The molecule has 0 spiro atoms. The molecule has 1 unspecified atom stereocenters. The van der Waals surface area contributed by atoms with E-state index in [2.05, 4.69) is 6.92 Å². The third kappa shape index (κ3) is 4.65. The largest absolute Gasteiger partial charge is 0.369 e. The van der Waals surface area contributed by atoms with E-state index in [-0.39, 0.29) is 23.0 Å². The van der Waals surface area contributed by atoms with E-state index in [1.807, 2.05) is 29.2 Å². The zero-order valence-electron chi connectivity index (χ0n) is 12.6. The first kappa shape index (κ1) is 17.2. The fourth-order valence-electron chi connectivity index (χ4n) is 2.53. The number of halogens is 1. The lowest BCUT2D eigenvalue weighted by atomic mass is 9.96. The summed E-state index contributed by atoms with van der Waals surface area (Å²) in [5.74, 6) is 0.252. The second kappa shape index (κ2) is 7.88. The molecule has 1 atom stereocenters. The van der Waals surface area contributed by atoms with E-state index in [0.717, 1.165) is 5.56 Å². The molecule has 2 N–H and O–H groups in total. The average molecular weight is 341 g/mol. The van der Waals surface area contributed by atoms with Gasteiger partial charge >= 0.3 is 0 Å². The zero-order chi connectivity index (χ0) is 16.1. The number of benzene rings is 1. The molecule has 0 radical (unpaired) electrons. The van der Waals surface area contributed by atoms with E-state index >= 15 is 0 Å². The van der Waals surface area contributed by atoms with Crippen molar-refractivity contribution in [1.29, 1.82) is 0 Å². The summed E-state index contributed by atoms with van der Waals surface area (Å²) in [5, 5.41) is 0.957. The maximum absolute atomic E-state index is 12.2. The van der Waals surface area contributed by atoms with E-state index in [0.29, 0.717) is 36.7 Å². The lowest BCUT2D eigenvalue weighted by Gasteiger charge is -2.30. The SMILES string of the molecule is CC(SCC(=O)N1CCC(C(N)=O)CC1)c1ccc(Cl)cc1. The molecule has 1 saturated heterocycles. The van der Waals surface area contributed by atoms with Crippen molar-refractivity contribution in [1.82, 2.24) is 4.90 Å². The minimum absolute atomic E-state index is 0.0790. The number of thioether (sulfide) groups is 1. The molecule has 0 aromatic heterocycles. The number of hydrogen-bond donors (Lipinski definition) is 1. The van der Waals surface area contributed by atoms with Gasteiger partial charge in [0, 0.05) is 29.3 Å². The maximum Gasteiger partial charge on any atom is 0.232 e. The summed E-state index contributed by atoms with van der Waals surface area (Å²) in [5.41, 5.74) is 6.47. The Balaban J connectivity index is 1.78. The molecule has 0 bridgehead atoms. The Kier molecular flexibility index (Phi) is 6.15. The molecule has 1 aliphatic heterocycles. The summed E-state index contributed by atoms with van der Waals surface area (Å²) in [6.45, 7) is 3.34. The van der Waals surface area contributed by atoms with E-state index in [9.17, 15) is 9.59 Å². The van der Waals surface area contributed by atoms with Crippen LogP contribution in [0, 0.1) is 5.92 Å². The number of piperidine rings is 1. The molecule has 1 aliphatic rings. The number of carbonyl (C=O) groups is 2. The molecule has 2 amide bonds. The van der Waals surface area contributed by atoms with Crippen LogP contribution in [-0.4, -0.2) is 35.6 Å². The monoisotopic (exact) mass is 340 g/mol. The Morgan fingerprint density at radius 1 is 1.32 bits per heavy atom. The van der Waals surface area contributed by atoms with Gasteiger partial charge < -0.3 is 10.6 Å². The van der Waals surface area contributed by atoms with Crippen LogP contribution in [0.25, 0.3) is 0 Å². The highest BCUT2D eigenvalue weighted by Crippen LogP contribution is 2.29. The predicted molar refractivity (Wildman–Crippen MR) is 90.8 cm³/mol. The standard InChI is InChI=1S/C16H21ClN2O2S/c1-11(12-2-4-14(17)5-3-12)22-10-15(20)19-8-6-13(7-9-19)16(18)21/h2-5,11,13H,6-10H2,1H3,(H2,18,21). The van der Waals surface area contributed by atoms with Gasteiger partial charge in [0.15, 0.2) is 0 Å². The van der Waals surface area contributed by atoms with Gasteiger partial charge in [0.25, 0.3) is 0 Å². The van der Waals surface area contributed by atoms with E-state index in [4.69, 9.17) is 17.3 Å². The number of hydrogen-bond acceptors (Lipinski definition) is 3. The molecule has 1 aromatic carbocycles. The lowest BCUT2D eigenvalue weighted by molar-refractivity contribution is -0.132. The number of nitrogens with two attached hydrogens (primary N) is 1. The number of nitrogens with zero attached hydrogens (tertiary/aromatic N) is 1. The summed E-state index contributed by atoms with van der Waals surface area (Å²) in [6, 6.07) is 7.71. The van der Waals surface area contributed by atoms with Crippen molar-refractivity contribution in [2.75, 3.05) is 18.8 Å². The van der Waals surface area contributed by atoms with Crippen molar-refractivity contribution in [3.63, 3.8) is 0 Å². The number of carbonyl (C=O) groups excluding carboxylic acids is 2. The number of rotatable bonds is 5. The summed E-state index contributed by atoms with van der Waals surface area (Å²) >= 11 is 7.50. The summed E-state index contributed by atoms with van der Waals surface area (Å²) in [7, 11) is 0. The number of amides is 2. The molecule has 2 rings (SSSR count).